The fraction of sp³-hybridized carbons (Fsp3) is 0.227. The maximum Gasteiger partial charge on any atom is 0.259 e. The Kier molecular flexibility index (Phi) is 5.69. The Bertz CT molecular complexity index is 1140. The molecule has 7 heteroatoms. The number of carbonyl (C=O) groups is 1. The molecule has 0 fully saturated rings. The predicted molar refractivity (Wildman–Crippen MR) is 113 cm³/mol. The van der Waals surface area contributed by atoms with Gasteiger partial charge in [-0.05, 0) is 42.5 Å². The number of nitrogens with one attached hydrogen (secondary N) is 1. The van der Waals surface area contributed by atoms with E-state index >= 15 is 0 Å². The summed E-state index contributed by atoms with van der Waals surface area (Å²) in [5.74, 6) is -0.187. The summed E-state index contributed by atoms with van der Waals surface area (Å²) in [5, 5.41) is 9.64. The normalized spacial score (nSPS) is 11.1. The van der Waals surface area contributed by atoms with E-state index < -0.39 is 0 Å². The molecule has 0 aliphatic heterocycles. The van der Waals surface area contributed by atoms with Gasteiger partial charge in [0, 0.05) is 13.2 Å². The number of ether oxygens (including phenoxy) is 1. The van der Waals surface area contributed by atoms with Crippen LogP contribution in [0.4, 0.5) is 0 Å². The van der Waals surface area contributed by atoms with E-state index in [1.165, 1.54) is 0 Å². The molecule has 6 nitrogen and oxygen atoms in total. The quantitative estimate of drug-likeness (QED) is 0.479. The van der Waals surface area contributed by atoms with Crippen LogP contribution in [-0.4, -0.2) is 22.7 Å². The summed E-state index contributed by atoms with van der Waals surface area (Å²) in [5.41, 5.74) is 4.32. The van der Waals surface area contributed by atoms with E-state index in [0.717, 1.165) is 16.0 Å². The molecule has 4 aromatic rings. The maximum absolute atomic E-state index is 13.1. The highest BCUT2D eigenvalue weighted by atomic mass is 32.1. The second kappa shape index (κ2) is 8.55. The van der Waals surface area contributed by atoms with Crippen molar-refractivity contribution >= 4 is 28.3 Å². The Morgan fingerprint density at radius 1 is 1.21 bits per heavy atom. The predicted octanol–water partition coefficient (Wildman–Crippen LogP) is 4.73. The minimum absolute atomic E-state index is 0.187. The van der Waals surface area contributed by atoms with Crippen molar-refractivity contribution in [1.29, 1.82) is 0 Å². The van der Waals surface area contributed by atoms with Crippen molar-refractivity contribution in [2.45, 2.75) is 27.0 Å². The maximum atomic E-state index is 13.1. The molecule has 4 rings (SSSR count). The summed E-state index contributed by atoms with van der Waals surface area (Å²) in [6.07, 6.45) is 0. The molecular weight excluding hydrogens is 386 g/mol. The van der Waals surface area contributed by atoms with Gasteiger partial charge in [-0.3, -0.25) is 4.79 Å². The van der Waals surface area contributed by atoms with Crippen LogP contribution in [0.2, 0.25) is 0 Å². The fourth-order valence-corrected chi connectivity index (χ4v) is 3.86. The summed E-state index contributed by atoms with van der Waals surface area (Å²) in [7, 11) is 0. The van der Waals surface area contributed by atoms with Gasteiger partial charge in [0.1, 0.15) is 0 Å². The first kappa shape index (κ1) is 19.3. The van der Waals surface area contributed by atoms with Gasteiger partial charge in [0.05, 0.1) is 33.8 Å². The zero-order chi connectivity index (χ0) is 20.2. The van der Waals surface area contributed by atoms with E-state index in [2.05, 4.69) is 15.5 Å². The van der Waals surface area contributed by atoms with Gasteiger partial charge in [0.15, 0.2) is 0 Å². The molecule has 1 amide bonds. The first-order valence-corrected chi connectivity index (χ1v) is 10.3. The van der Waals surface area contributed by atoms with Crippen molar-refractivity contribution in [1.82, 2.24) is 15.5 Å². The minimum atomic E-state index is -0.187. The third kappa shape index (κ3) is 4.06. The summed E-state index contributed by atoms with van der Waals surface area (Å²) in [6, 6.07) is 13.7. The third-order valence-corrected chi connectivity index (χ3v) is 5.55. The average Bonchev–Trinajstić information content (AvgIpc) is 3.41. The highest BCUT2D eigenvalue weighted by molar-refractivity contribution is 7.13. The molecule has 29 heavy (non-hydrogen) atoms. The van der Waals surface area contributed by atoms with Crippen LogP contribution in [0.3, 0.4) is 0 Å². The van der Waals surface area contributed by atoms with Gasteiger partial charge in [0.2, 0.25) is 0 Å². The lowest BCUT2D eigenvalue weighted by atomic mass is 10.1. The molecule has 148 valence electrons. The van der Waals surface area contributed by atoms with Crippen molar-refractivity contribution in [3.05, 3.63) is 70.2 Å². The topological polar surface area (TPSA) is 77.2 Å². The average molecular weight is 407 g/mol. The van der Waals surface area contributed by atoms with Crippen LogP contribution in [0.15, 0.2) is 52.4 Å². The molecule has 0 aliphatic rings. The summed E-state index contributed by atoms with van der Waals surface area (Å²) in [4.78, 5) is 18.6. The van der Waals surface area contributed by atoms with E-state index in [-0.39, 0.29) is 5.91 Å². The van der Waals surface area contributed by atoms with Crippen LogP contribution in [0.5, 0.6) is 0 Å². The van der Waals surface area contributed by atoms with Gasteiger partial charge in [-0.15, -0.1) is 11.3 Å². The van der Waals surface area contributed by atoms with E-state index in [4.69, 9.17) is 9.26 Å². The zero-order valence-corrected chi connectivity index (χ0v) is 17.1. The van der Waals surface area contributed by atoms with Crippen LogP contribution in [0.25, 0.3) is 21.7 Å². The highest BCUT2D eigenvalue weighted by Crippen LogP contribution is 2.29. The number of fused-ring (bicyclic) bond motifs is 1. The molecule has 0 radical (unpaired) electrons. The van der Waals surface area contributed by atoms with E-state index in [1.54, 1.807) is 17.4 Å². The van der Waals surface area contributed by atoms with E-state index in [1.807, 2.05) is 55.6 Å². The van der Waals surface area contributed by atoms with Crippen LogP contribution < -0.4 is 5.32 Å². The SMILES string of the molecule is CCOCc1ccccc1CNC(=O)c1cc(-c2cccs2)nc2onc(C)c12. The molecule has 0 spiro atoms. The first-order valence-electron chi connectivity index (χ1n) is 9.41. The Morgan fingerprint density at radius 3 is 2.79 bits per heavy atom. The monoisotopic (exact) mass is 407 g/mol. The van der Waals surface area contributed by atoms with E-state index in [0.29, 0.717) is 47.8 Å². The van der Waals surface area contributed by atoms with Crippen molar-refractivity contribution in [2.24, 2.45) is 0 Å². The minimum Gasteiger partial charge on any atom is -0.377 e. The molecule has 0 bridgehead atoms. The smallest absolute Gasteiger partial charge is 0.259 e. The highest BCUT2D eigenvalue weighted by Gasteiger charge is 2.19. The van der Waals surface area contributed by atoms with Crippen molar-refractivity contribution in [3.63, 3.8) is 0 Å². The van der Waals surface area contributed by atoms with Crippen LogP contribution >= 0.6 is 11.3 Å². The number of pyridine rings is 1. The first-order chi connectivity index (χ1) is 14.2. The number of hydrogen-bond donors (Lipinski definition) is 1. The van der Waals surface area contributed by atoms with Crippen LogP contribution in [0, 0.1) is 6.92 Å². The standard InChI is InChI=1S/C22H21N3O3S/c1-3-27-13-16-8-5-4-7-15(16)12-23-21(26)17-11-18(19-9-6-10-29-19)24-22-20(17)14(2)25-28-22/h4-11H,3,12-13H2,1-2H3,(H,23,26). The van der Waals surface area contributed by atoms with Gasteiger partial charge in [-0.1, -0.05) is 35.5 Å². The molecule has 0 unspecified atom stereocenters. The number of amides is 1. The molecule has 1 N–H and O–H groups in total. The number of aromatic nitrogens is 2. The molecule has 0 atom stereocenters. The molecule has 0 aliphatic carbocycles. The summed E-state index contributed by atoms with van der Waals surface area (Å²) < 4.78 is 10.9. The van der Waals surface area contributed by atoms with E-state index in [9.17, 15) is 4.79 Å². The largest absolute Gasteiger partial charge is 0.377 e. The lowest BCUT2D eigenvalue weighted by Crippen LogP contribution is -2.24. The van der Waals surface area contributed by atoms with Crippen molar-refractivity contribution in [3.8, 4) is 10.6 Å². The molecule has 3 aromatic heterocycles. The van der Waals surface area contributed by atoms with Gasteiger partial charge in [-0.2, -0.15) is 0 Å². The number of aryl methyl sites for hydroxylation is 1. The lowest BCUT2D eigenvalue weighted by Gasteiger charge is -2.11. The number of benzene rings is 1. The van der Waals surface area contributed by atoms with Crippen molar-refractivity contribution < 1.29 is 14.1 Å². The number of hydrogen-bond acceptors (Lipinski definition) is 6. The van der Waals surface area contributed by atoms with Gasteiger partial charge >= 0.3 is 0 Å². The Hall–Kier alpha value is -3.03. The number of nitrogens with zero attached hydrogens (tertiary/aromatic N) is 2. The molecule has 1 aromatic carbocycles. The Labute approximate surface area is 172 Å². The lowest BCUT2D eigenvalue weighted by molar-refractivity contribution is 0.0951. The fourth-order valence-electron chi connectivity index (χ4n) is 3.18. The second-order valence-electron chi connectivity index (χ2n) is 6.57. The van der Waals surface area contributed by atoms with Crippen molar-refractivity contribution in [2.75, 3.05) is 6.61 Å². The van der Waals surface area contributed by atoms with Gasteiger partial charge in [-0.25, -0.2) is 4.98 Å². The Balaban J connectivity index is 1.63. The van der Waals surface area contributed by atoms with Gasteiger partial charge in [0.25, 0.3) is 11.6 Å². The molecule has 0 saturated carbocycles. The molecular formula is C22H21N3O3S. The van der Waals surface area contributed by atoms with Crippen LogP contribution in [0.1, 0.15) is 34.1 Å². The molecule has 0 saturated heterocycles. The number of carbonyl (C=O) groups excluding carboxylic acids is 1. The number of thiophene rings is 1. The Morgan fingerprint density at radius 2 is 2.03 bits per heavy atom. The molecule has 3 heterocycles. The number of rotatable bonds is 7. The second-order valence-corrected chi connectivity index (χ2v) is 7.52. The summed E-state index contributed by atoms with van der Waals surface area (Å²) >= 11 is 1.56. The van der Waals surface area contributed by atoms with Gasteiger partial charge < -0.3 is 14.6 Å². The zero-order valence-electron chi connectivity index (χ0n) is 16.3. The summed E-state index contributed by atoms with van der Waals surface area (Å²) in [6.45, 7) is 5.35. The van der Waals surface area contributed by atoms with Crippen LogP contribution in [-0.2, 0) is 17.9 Å². The third-order valence-electron chi connectivity index (χ3n) is 4.65.